The molecule has 1 heterocycles. The third-order valence-corrected chi connectivity index (χ3v) is 3.12. The lowest BCUT2D eigenvalue weighted by atomic mass is 9.82. The van der Waals surface area contributed by atoms with E-state index in [0.717, 1.165) is 0 Å². The Morgan fingerprint density at radius 1 is 1.50 bits per heavy atom. The highest BCUT2D eigenvalue weighted by Crippen LogP contribution is 2.35. The summed E-state index contributed by atoms with van der Waals surface area (Å²) in [5.41, 5.74) is 4.37. The first-order chi connectivity index (χ1) is 7.29. The van der Waals surface area contributed by atoms with E-state index in [2.05, 4.69) is 0 Å². The highest BCUT2D eigenvalue weighted by atomic mass is 16.7. The molecule has 0 saturated carbocycles. The van der Waals surface area contributed by atoms with Gasteiger partial charge in [-0.25, -0.2) is 4.79 Å². The molecule has 1 amide bonds. The van der Waals surface area contributed by atoms with Gasteiger partial charge >= 0.3 is 6.09 Å². The van der Waals surface area contributed by atoms with Crippen LogP contribution in [0.25, 0.3) is 0 Å². The molecule has 0 bridgehead atoms. The fourth-order valence-electron chi connectivity index (χ4n) is 1.77. The zero-order valence-corrected chi connectivity index (χ0v) is 9.97. The van der Waals surface area contributed by atoms with Crippen LogP contribution in [0.2, 0.25) is 0 Å². The van der Waals surface area contributed by atoms with Gasteiger partial charge < -0.3 is 25.1 Å². The molecule has 1 aliphatic rings. The van der Waals surface area contributed by atoms with E-state index in [9.17, 15) is 9.90 Å². The Kier molecular flexibility index (Phi) is 3.77. The Morgan fingerprint density at radius 2 is 2.06 bits per heavy atom. The molecular formula is C10H19NO5. The minimum absolute atomic E-state index is 0.205. The molecule has 0 spiro atoms. The van der Waals surface area contributed by atoms with Gasteiger partial charge in [0.1, 0.15) is 6.10 Å². The van der Waals surface area contributed by atoms with Crippen molar-refractivity contribution >= 4 is 6.09 Å². The van der Waals surface area contributed by atoms with Crippen LogP contribution in [0, 0.1) is 5.92 Å². The van der Waals surface area contributed by atoms with Gasteiger partial charge in [-0.1, -0.05) is 6.92 Å². The van der Waals surface area contributed by atoms with Crippen LogP contribution >= 0.6 is 0 Å². The van der Waals surface area contributed by atoms with Crippen LogP contribution in [0.3, 0.4) is 0 Å². The summed E-state index contributed by atoms with van der Waals surface area (Å²) in [5, 5.41) is 10.0. The molecule has 1 unspecified atom stereocenters. The summed E-state index contributed by atoms with van der Waals surface area (Å²) in [4.78, 5) is 10.7. The summed E-state index contributed by atoms with van der Waals surface area (Å²) in [6, 6.07) is 0. The second-order valence-corrected chi connectivity index (χ2v) is 4.51. The molecule has 0 aromatic rings. The lowest BCUT2D eigenvalue weighted by molar-refractivity contribution is -0.301. The van der Waals surface area contributed by atoms with Crippen molar-refractivity contribution in [2.75, 3.05) is 7.11 Å². The zero-order chi connectivity index (χ0) is 12.5. The van der Waals surface area contributed by atoms with Crippen LogP contribution in [0.4, 0.5) is 4.79 Å². The number of hydrogen-bond donors (Lipinski definition) is 2. The van der Waals surface area contributed by atoms with Crippen LogP contribution in [-0.2, 0) is 14.2 Å². The van der Waals surface area contributed by atoms with Crippen LogP contribution in [0.5, 0.6) is 0 Å². The summed E-state index contributed by atoms with van der Waals surface area (Å²) in [6.45, 7) is 5.49. The standard InChI is InChI=1S/C10H19NO5/c1-5-6(12)7(15-9(11)13)8(14-4)16-10(5,2)3/h5-8,12H,1-4H3,(H2,11,13)/t5-,6-,7+,8?/m1/s1. The normalized spacial score (nSPS) is 38.1. The molecule has 16 heavy (non-hydrogen) atoms. The van der Waals surface area contributed by atoms with Crippen molar-refractivity contribution < 1.29 is 24.1 Å². The molecule has 94 valence electrons. The van der Waals surface area contributed by atoms with E-state index in [1.54, 1.807) is 0 Å². The van der Waals surface area contributed by atoms with Gasteiger partial charge in [0.05, 0.1) is 5.60 Å². The molecule has 6 heteroatoms. The summed E-state index contributed by atoms with van der Waals surface area (Å²) < 4.78 is 15.5. The largest absolute Gasteiger partial charge is 0.438 e. The number of carbonyl (C=O) groups excluding carboxylic acids is 1. The van der Waals surface area contributed by atoms with Crippen molar-refractivity contribution in [3.63, 3.8) is 0 Å². The van der Waals surface area contributed by atoms with E-state index >= 15 is 0 Å². The lowest BCUT2D eigenvalue weighted by Gasteiger charge is -2.46. The van der Waals surface area contributed by atoms with Crippen molar-refractivity contribution in [1.82, 2.24) is 0 Å². The molecule has 0 aromatic carbocycles. The summed E-state index contributed by atoms with van der Waals surface area (Å²) in [6.07, 6.45) is -3.54. The minimum Gasteiger partial charge on any atom is -0.438 e. The van der Waals surface area contributed by atoms with Gasteiger partial charge in [-0.05, 0) is 13.8 Å². The Bertz CT molecular complexity index is 266. The van der Waals surface area contributed by atoms with E-state index in [0.29, 0.717) is 0 Å². The second kappa shape index (κ2) is 4.57. The number of aliphatic hydroxyl groups excluding tert-OH is 1. The molecule has 3 N–H and O–H groups in total. The van der Waals surface area contributed by atoms with Crippen molar-refractivity contribution in [3.8, 4) is 0 Å². The first kappa shape index (κ1) is 13.2. The van der Waals surface area contributed by atoms with Gasteiger partial charge in [0.2, 0.25) is 0 Å². The molecule has 4 atom stereocenters. The topological polar surface area (TPSA) is 91.0 Å². The monoisotopic (exact) mass is 233 g/mol. The average Bonchev–Trinajstić information content (AvgIpc) is 2.18. The maximum atomic E-state index is 10.7. The number of rotatable bonds is 2. The predicted molar refractivity (Wildman–Crippen MR) is 55.6 cm³/mol. The predicted octanol–water partition coefficient (Wildman–Crippen LogP) is 0.229. The van der Waals surface area contributed by atoms with E-state index in [1.807, 2.05) is 20.8 Å². The zero-order valence-electron chi connectivity index (χ0n) is 9.97. The molecule has 1 saturated heterocycles. The third-order valence-electron chi connectivity index (χ3n) is 3.12. The van der Waals surface area contributed by atoms with E-state index in [4.69, 9.17) is 19.9 Å². The van der Waals surface area contributed by atoms with E-state index < -0.39 is 30.2 Å². The van der Waals surface area contributed by atoms with Crippen molar-refractivity contribution in [2.45, 2.75) is 44.9 Å². The number of hydrogen-bond acceptors (Lipinski definition) is 5. The number of ether oxygens (including phenoxy) is 3. The van der Waals surface area contributed by atoms with Crippen molar-refractivity contribution in [2.24, 2.45) is 11.7 Å². The molecule has 0 radical (unpaired) electrons. The molecule has 0 aliphatic carbocycles. The third kappa shape index (κ3) is 2.45. The van der Waals surface area contributed by atoms with Crippen molar-refractivity contribution in [3.05, 3.63) is 0 Å². The van der Waals surface area contributed by atoms with Gasteiger partial charge in [0.15, 0.2) is 12.4 Å². The van der Waals surface area contributed by atoms with E-state index in [1.165, 1.54) is 7.11 Å². The molecule has 1 rings (SSSR count). The Morgan fingerprint density at radius 3 is 2.50 bits per heavy atom. The quantitative estimate of drug-likeness (QED) is 0.712. The number of methoxy groups -OCH3 is 1. The van der Waals surface area contributed by atoms with E-state index in [-0.39, 0.29) is 5.92 Å². The minimum atomic E-state index is -0.957. The van der Waals surface area contributed by atoms with Gasteiger partial charge in [-0.15, -0.1) is 0 Å². The van der Waals surface area contributed by atoms with Crippen LogP contribution in [-0.4, -0.2) is 42.4 Å². The number of carbonyl (C=O) groups is 1. The molecule has 1 fully saturated rings. The van der Waals surface area contributed by atoms with Gasteiger partial charge in [-0.3, -0.25) is 0 Å². The maximum Gasteiger partial charge on any atom is 0.405 e. The lowest BCUT2D eigenvalue weighted by Crippen LogP contribution is -2.59. The highest BCUT2D eigenvalue weighted by Gasteiger charge is 2.49. The molecular weight excluding hydrogens is 214 g/mol. The summed E-state index contributed by atoms with van der Waals surface area (Å²) in [5.74, 6) is -0.205. The van der Waals surface area contributed by atoms with Gasteiger partial charge in [-0.2, -0.15) is 0 Å². The fourth-order valence-corrected chi connectivity index (χ4v) is 1.77. The van der Waals surface area contributed by atoms with Gasteiger partial charge in [0, 0.05) is 13.0 Å². The van der Waals surface area contributed by atoms with Crippen LogP contribution in [0.1, 0.15) is 20.8 Å². The van der Waals surface area contributed by atoms with Crippen molar-refractivity contribution in [1.29, 1.82) is 0 Å². The molecule has 0 aromatic heterocycles. The molecule has 6 nitrogen and oxygen atoms in total. The fraction of sp³-hybridized carbons (Fsp3) is 0.900. The van der Waals surface area contributed by atoms with Crippen LogP contribution in [0.15, 0.2) is 0 Å². The number of amides is 1. The van der Waals surface area contributed by atoms with Gasteiger partial charge in [0.25, 0.3) is 0 Å². The first-order valence-corrected chi connectivity index (χ1v) is 5.14. The number of primary amides is 1. The SMILES string of the molecule is COC1OC(C)(C)[C@H](C)[C@@H](O)[C@@H]1OC(N)=O. The number of nitrogens with two attached hydrogens (primary N) is 1. The average molecular weight is 233 g/mol. The second-order valence-electron chi connectivity index (χ2n) is 4.51. The number of aliphatic hydroxyl groups is 1. The highest BCUT2D eigenvalue weighted by molar-refractivity contribution is 5.64. The Hall–Kier alpha value is -0.850. The smallest absolute Gasteiger partial charge is 0.405 e. The summed E-state index contributed by atoms with van der Waals surface area (Å²) >= 11 is 0. The Balaban J connectivity index is 2.86. The Labute approximate surface area is 94.7 Å². The summed E-state index contributed by atoms with van der Waals surface area (Å²) in [7, 11) is 1.42. The maximum absolute atomic E-state index is 10.7. The van der Waals surface area contributed by atoms with Crippen LogP contribution < -0.4 is 5.73 Å². The first-order valence-electron chi connectivity index (χ1n) is 5.14. The molecule has 1 aliphatic heterocycles.